The molecule has 0 unspecified atom stereocenters. The predicted molar refractivity (Wildman–Crippen MR) is 96.1 cm³/mol. The monoisotopic (exact) mass is 374 g/mol. The molecule has 142 valence electrons. The van der Waals surface area contributed by atoms with E-state index in [-0.39, 0.29) is 13.2 Å². The van der Waals surface area contributed by atoms with Gasteiger partial charge in [0.1, 0.15) is 24.0 Å². The maximum Gasteiger partial charge on any atom is 0.414 e. The number of carbonyl (C=O) groups excluding carboxylic acids is 1. The van der Waals surface area contributed by atoms with Gasteiger partial charge in [0.2, 0.25) is 0 Å². The molecule has 1 amide bonds. The van der Waals surface area contributed by atoms with Gasteiger partial charge in [-0.05, 0) is 30.3 Å². The topological polar surface area (TPSA) is 81.8 Å². The van der Waals surface area contributed by atoms with Crippen molar-refractivity contribution < 1.29 is 23.4 Å². The molecule has 9 heteroatoms. The van der Waals surface area contributed by atoms with Crippen LogP contribution in [0.5, 0.6) is 0 Å². The van der Waals surface area contributed by atoms with Gasteiger partial charge in [-0.2, -0.15) is 5.10 Å². The lowest BCUT2D eigenvalue weighted by atomic mass is 10.2. The first-order valence-electron chi connectivity index (χ1n) is 8.60. The summed E-state index contributed by atoms with van der Waals surface area (Å²) in [4.78, 5) is 14.9. The Morgan fingerprint density at radius 3 is 2.81 bits per heavy atom. The molecule has 4 rings (SSSR count). The van der Waals surface area contributed by atoms with E-state index in [4.69, 9.17) is 14.3 Å². The van der Waals surface area contributed by atoms with E-state index in [9.17, 15) is 9.18 Å². The average Bonchev–Trinajstić information content (AvgIpc) is 3.32. The highest BCUT2D eigenvalue weighted by Gasteiger charge is 2.32. The first-order valence-corrected chi connectivity index (χ1v) is 8.60. The number of nitrogens with zero attached hydrogens (tertiary/aromatic N) is 4. The zero-order valence-electron chi connectivity index (χ0n) is 14.5. The largest absolute Gasteiger partial charge is 0.467 e. The van der Waals surface area contributed by atoms with Crippen LogP contribution < -0.4 is 9.80 Å². The number of aliphatic hydroxyl groups is 1. The third-order valence-electron chi connectivity index (χ3n) is 4.50. The quantitative estimate of drug-likeness (QED) is 0.862. The minimum Gasteiger partial charge on any atom is -0.467 e. The molecule has 2 aliphatic heterocycles. The fourth-order valence-electron chi connectivity index (χ4n) is 3.08. The Balaban J connectivity index is 1.45. The van der Waals surface area contributed by atoms with Crippen molar-refractivity contribution in [2.75, 3.05) is 36.0 Å². The molecule has 2 aliphatic rings. The molecule has 3 heterocycles. The number of anilines is 2. The number of hydrazone groups is 1. The number of furan rings is 1. The van der Waals surface area contributed by atoms with Crippen LogP contribution in [0.25, 0.3) is 0 Å². The number of amides is 1. The predicted octanol–water partition coefficient (Wildman–Crippen LogP) is 2.00. The summed E-state index contributed by atoms with van der Waals surface area (Å²) in [5.74, 6) is 0.355. The zero-order chi connectivity index (χ0) is 18.8. The Bertz CT molecular complexity index is 842. The second kappa shape index (κ2) is 7.28. The van der Waals surface area contributed by atoms with Gasteiger partial charge in [0.05, 0.1) is 43.9 Å². The number of hydrogen-bond acceptors (Lipinski definition) is 7. The Kier molecular flexibility index (Phi) is 4.68. The molecule has 1 N–H and O–H groups in total. The van der Waals surface area contributed by atoms with Gasteiger partial charge in [-0.1, -0.05) is 0 Å². The molecule has 27 heavy (non-hydrogen) atoms. The summed E-state index contributed by atoms with van der Waals surface area (Å²) in [5.41, 5.74) is 0.775. The molecule has 8 nitrogen and oxygen atoms in total. The van der Waals surface area contributed by atoms with Crippen LogP contribution in [0.4, 0.5) is 20.6 Å². The lowest BCUT2D eigenvalue weighted by molar-refractivity contribution is 0.0963. The molecule has 1 atom stereocenters. The SMILES string of the molecule is O=C1O[C@@H](CO)CN1c1ccc(N2C=NN(Cc3ccco3)CC2)c(F)c1. The van der Waals surface area contributed by atoms with Crippen LogP contribution in [0.15, 0.2) is 46.1 Å². The van der Waals surface area contributed by atoms with Crippen LogP contribution >= 0.6 is 0 Å². The molecule has 1 fully saturated rings. The number of carbonyl (C=O) groups is 1. The van der Waals surface area contributed by atoms with E-state index in [1.54, 1.807) is 29.6 Å². The Morgan fingerprint density at radius 1 is 1.30 bits per heavy atom. The number of aliphatic hydroxyl groups excluding tert-OH is 1. The van der Waals surface area contributed by atoms with Gasteiger partial charge in [-0.15, -0.1) is 0 Å². The molecular formula is C18H19FN4O4. The van der Waals surface area contributed by atoms with Crippen LogP contribution in [0.2, 0.25) is 0 Å². The lowest BCUT2D eigenvalue weighted by Crippen LogP contribution is -2.38. The molecule has 1 aromatic carbocycles. The summed E-state index contributed by atoms with van der Waals surface area (Å²) >= 11 is 0. The molecule has 0 radical (unpaired) electrons. The van der Waals surface area contributed by atoms with Crippen molar-refractivity contribution in [1.29, 1.82) is 0 Å². The molecule has 0 saturated carbocycles. The molecular weight excluding hydrogens is 355 g/mol. The minimum absolute atomic E-state index is 0.195. The van der Waals surface area contributed by atoms with E-state index in [1.165, 1.54) is 11.0 Å². The second-order valence-corrected chi connectivity index (χ2v) is 6.33. The fourth-order valence-corrected chi connectivity index (χ4v) is 3.08. The van der Waals surface area contributed by atoms with E-state index < -0.39 is 18.0 Å². The van der Waals surface area contributed by atoms with E-state index in [2.05, 4.69) is 5.10 Å². The summed E-state index contributed by atoms with van der Waals surface area (Å²) < 4.78 is 24.9. The zero-order valence-corrected chi connectivity index (χ0v) is 14.5. The van der Waals surface area contributed by atoms with Gasteiger partial charge in [-0.25, -0.2) is 9.18 Å². The standard InChI is InChI=1S/C18H19FN4O4/c19-16-8-13(23-10-15(11-24)27-18(23)25)3-4-17(16)21-5-6-22(20-12-21)9-14-2-1-7-26-14/h1-4,7-8,12,15,24H,5-6,9-11H2/t15-/m1/s1. The molecule has 2 aromatic rings. The summed E-state index contributed by atoms with van der Waals surface area (Å²) in [6.45, 7) is 1.68. The van der Waals surface area contributed by atoms with Gasteiger partial charge >= 0.3 is 6.09 Å². The summed E-state index contributed by atoms with van der Waals surface area (Å²) in [6.07, 6.45) is 2.02. The van der Waals surface area contributed by atoms with Gasteiger partial charge in [0, 0.05) is 6.54 Å². The molecule has 0 spiro atoms. The van der Waals surface area contributed by atoms with Crippen LogP contribution in [0.1, 0.15) is 5.76 Å². The molecule has 1 aromatic heterocycles. The smallest absolute Gasteiger partial charge is 0.414 e. The van der Waals surface area contributed by atoms with Gasteiger partial charge < -0.3 is 19.2 Å². The van der Waals surface area contributed by atoms with E-state index in [0.717, 1.165) is 5.76 Å². The highest BCUT2D eigenvalue weighted by atomic mass is 19.1. The van der Waals surface area contributed by atoms with Gasteiger partial charge in [0.25, 0.3) is 0 Å². The molecule has 0 aliphatic carbocycles. The first kappa shape index (κ1) is 17.3. The average molecular weight is 374 g/mol. The van der Waals surface area contributed by atoms with Crippen LogP contribution in [0.3, 0.4) is 0 Å². The summed E-state index contributed by atoms with van der Waals surface area (Å²) in [5, 5.41) is 15.3. The fraction of sp³-hybridized carbons (Fsp3) is 0.333. The van der Waals surface area contributed by atoms with Gasteiger partial charge in [0.15, 0.2) is 0 Å². The number of ether oxygens (including phenoxy) is 1. The number of halogens is 1. The van der Waals surface area contributed by atoms with E-state index >= 15 is 0 Å². The first-order chi connectivity index (χ1) is 13.1. The molecule has 1 saturated heterocycles. The third-order valence-corrected chi connectivity index (χ3v) is 4.50. The summed E-state index contributed by atoms with van der Waals surface area (Å²) in [7, 11) is 0. The van der Waals surface area contributed by atoms with Crippen molar-refractivity contribution in [3.8, 4) is 0 Å². The maximum absolute atomic E-state index is 14.6. The van der Waals surface area contributed by atoms with Crippen molar-refractivity contribution in [3.63, 3.8) is 0 Å². The highest BCUT2D eigenvalue weighted by molar-refractivity contribution is 5.90. The van der Waals surface area contributed by atoms with E-state index in [1.807, 2.05) is 17.1 Å². The van der Waals surface area contributed by atoms with Crippen molar-refractivity contribution in [3.05, 3.63) is 48.2 Å². The highest BCUT2D eigenvalue weighted by Crippen LogP contribution is 2.28. The van der Waals surface area contributed by atoms with Crippen molar-refractivity contribution in [2.24, 2.45) is 5.10 Å². The van der Waals surface area contributed by atoms with Crippen molar-refractivity contribution in [2.45, 2.75) is 12.6 Å². The number of benzene rings is 1. The van der Waals surface area contributed by atoms with E-state index in [0.29, 0.717) is 31.0 Å². The van der Waals surface area contributed by atoms with Gasteiger partial charge in [-0.3, -0.25) is 9.91 Å². The lowest BCUT2D eigenvalue weighted by Gasteiger charge is -2.30. The van der Waals surface area contributed by atoms with Crippen LogP contribution in [-0.2, 0) is 11.3 Å². The van der Waals surface area contributed by atoms with Crippen LogP contribution in [-0.4, -0.2) is 54.9 Å². The Labute approximate surface area is 155 Å². The second-order valence-electron chi connectivity index (χ2n) is 6.33. The number of hydrogen-bond donors (Lipinski definition) is 1. The minimum atomic E-state index is -0.589. The Morgan fingerprint density at radius 2 is 2.19 bits per heavy atom. The Hall–Kier alpha value is -3.07. The normalized spacial score (nSPS) is 19.7. The van der Waals surface area contributed by atoms with Crippen molar-refractivity contribution in [1.82, 2.24) is 5.01 Å². The maximum atomic E-state index is 14.6. The third kappa shape index (κ3) is 3.59. The van der Waals surface area contributed by atoms with Crippen molar-refractivity contribution >= 4 is 23.8 Å². The van der Waals surface area contributed by atoms with Crippen LogP contribution in [0, 0.1) is 5.82 Å². The molecule has 0 bridgehead atoms. The summed E-state index contributed by atoms with van der Waals surface area (Å²) in [6, 6.07) is 8.26. The number of rotatable bonds is 5. The number of cyclic esters (lactones) is 1.